The first-order chi connectivity index (χ1) is 10.5. The molecule has 1 heterocycles. The van der Waals surface area contributed by atoms with Gasteiger partial charge in [-0.1, -0.05) is 12.1 Å². The fourth-order valence-corrected chi connectivity index (χ4v) is 3.66. The summed E-state index contributed by atoms with van der Waals surface area (Å²) in [4.78, 5) is 25.5. The van der Waals surface area contributed by atoms with E-state index in [0.29, 0.717) is 12.3 Å². The minimum absolute atomic E-state index is 0.00304. The maximum atomic E-state index is 12.7. The maximum Gasteiger partial charge on any atom is 0.305 e. The molecule has 2 rings (SSSR count). The summed E-state index contributed by atoms with van der Waals surface area (Å²) in [6, 6.07) is 7.21. The topological polar surface area (TPSA) is 66.8 Å². The molecule has 0 saturated carbocycles. The van der Waals surface area contributed by atoms with Crippen LogP contribution in [0.3, 0.4) is 0 Å². The standard InChI is InChI=1S/C16H21NO4S/c1-11(12-3-5-14(21-2)6-4-12)16(20)17-7-8-22-10-13(17)9-15(18)19/h3-6,11,13H,7-10H2,1-2H3,(H,18,19). The van der Waals surface area contributed by atoms with Crippen LogP contribution in [0.25, 0.3) is 0 Å². The summed E-state index contributed by atoms with van der Waals surface area (Å²) >= 11 is 1.70. The van der Waals surface area contributed by atoms with Gasteiger partial charge >= 0.3 is 5.97 Å². The van der Waals surface area contributed by atoms with Gasteiger partial charge in [-0.25, -0.2) is 0 Å². The van der Waals surface area contributed by atoms with Gasteiger partial charge in [0.25, 0.3) is 0 Å². The number of thioether (sulfide) groups is 1. The largest absolute Gasteiger partial charge is 0.497 e. The molecule has 1 aliphatic rings. The minimum atomic E-state index is -0.859. The molecule has 1 N–H and O–H groups in total. The van der Waals surface area contributed by atoms with E-state index < -0.39 is 5.97 Å². The van der Waals surface area contributed by atoms with E-state index in [1.54, 1.807) is 23.8 Å². The molecule has 0 radical (unpaired) electrons. The lowest BCUT2D eigenvalue weighted by Gasteiger charge is -2.36. The monoisotopic (exact) mass is 323 g/mol. The Kier molecular flexibility index (Phi) is 5.71. The number of hydrogen-bond donors (Lipinski definition) is 1. The highest BCUT2D eigenvalue weighted by Gasteiger charge is 2.31. The van der Waals surface area contributed by atoms with Crippen LogP contribution in [-0.4, -0.2) is 53.1 Å². The molecule has 1 saturated heterocycles. The summed E-state index contributed by atoms with van der Waals surface area (Å²) in [5.41, 5.74) is 0.915. The average molecular weight is 323 g/mol. The van der Waals surface area contributed by atoms with Crippen molar-refractivity contribution >= 4 is 23.6 Å². The summed E-state index contributed by atoms with van der Waals surface area (Å²) in [7, 11) is 1.60. The Hall–Kier alpha value is -1.69. The Bertz CT molecular complexity index is 531. The molecule has 0 spiro atoms. The first-order valence-electron chi connectivity index (χ1n) is 7.27. The second-order valence-corrected chi connectivity index (χ2v) is 6.50. The molecule has 2 unspecified atom stereocenters. The second kappa shape index (κ2) is 7.54. The van der Waals surface area contributed by atoms with Crippen LogP contribution in [0.15, 0.2) is 24.3 Å². The normalized spacial score (nSPS) is 19.5. The molecule has 1 aliphatic heterocycles. The Labute approximate surface area is 134 Å². The van der Waals surface area contributed by atoms with Crippen molar-refractivity contribution in [2.75, 3.05) is 25.2 Å². The van der Waals surface area contributed by atoms with Gasteiger partial charge in [0.1, 0.15) is 5.75 Å². The van der Waals surface area contributed by atoms with Crippen molar-refractivity contribution in [1.29, 1.82) is 0 Å². The average Bonchev–Trinajstić information content (AvgIpc) is 2.53. The van der Waals surface area contributed by atoms with Crippen LogP contribution in [0.1, 0.15) is 24.8 Å². The summed E-state index contributed by atoms with van der Waals surface area (Å²) < 4.78 is 5.12. The number of methoxy groups -OCH3 is 1. The van der Waals surface area contributed by atoms with Crippen molar-refractivity contribution < 1.29 is 19.4 Å². The smallest absolute Gasteiger partial charge is 0.305 e. The predicted molar refractivity (Wildman–Crippen MR) is 86.5 cm³/mol. The number of amides is 1. The number of rotatable bonds is 5. The molecule has 1 amide bonds. The van der Waals surface area contributed by atoms with E-state index in [2.05, 4.69) is 0 Å². The third-order valence-corrected chi connectivity index (χ3v) is 5.00. The molecule has 0 bridgehead atoms. The van der Waals surface area contributed by atoms with E-state index in [-0.39, 0.29) is 24.3 Å². The molecule has 1 aromatic carbocycles. The number of carbonyl (C=O) groups excluding carboxylic acids is 1. The molecule has 5 nitrogen and oxygen atoms in total. The van der Waals surface area contributed by atoms with Crippen molar-refractivity contribution in [2.45, 2.75) is 25.3 Å². The molecule has 22 heavy (non-hydrogen) atoms. The van der Waals surface area contributed by atoms with E-state index in [4.69, 9.17) is 9.84 Å². The molecule has 120 valence electrons. The fraction of sp³-hybridized carbons (Fsp3) is 0.500. The number of hydrogen-bond acceptors (Lipinski definition) is 4. The molecule has 1 aromatic rings. The Balaban J connectivity index is 2.11. The van der Waals surface area contributed by atoms with Gasteiger partial charge in [0.15, 0.2) is 0 Å². The molecular formula is C16H21NO4S. The zero-order valence-electron chi connectivity index (χ0n) is 12.8. The van der Waals surface area contributed by atoms with Crippen molar-refractivity contribution in [3.05, 3.63) is 29.8 Å². The van der Waals surface area contributed by atoms with Gasteiger partial charge in [-0.05, 0) is 24.6 Å². The van der Waals surface area contributed by atoms with Crippen LogP contribution in [0, 0.1) is 0 Å². The number of benzene rings is 1. The van der Waals surface area contributed by atoms with Crippen LogP contribution in [-0.2, 0) is 9.59 Å². The zero-order chi connectivity index (χ0) is 16.1. The zero-order valence-corrected chi connectivity index (χ0v) is 13.6. The highest BCUT2D eigenvalue weighted by Crippen LogP contribution is 2.26. The summed E-state index contributed by atoms with van der Waals surface area (Å²) in [5, 5.41) is 9.02. The van der Waals surface area contributed by atoms with Crippen LogP contribution in [0.5, 0.6) is 5.75 Å². The van der Waals surface area contributed by atoms with Crippen molar-refractivity contribution in [2.24, 2.45) is 0 Å². The number of carboxylic acid groups (broad SMARTS) is 1. The summed E-state index contributed by atoms with van der Waals surface area (Å²) in [6.45, 7) is 2.48. The second-order valence-electron chi connectivity index (χ2n) is 5.35. The lowest BCUT2D eigenvalue weighted by molar-refractivity contribution is -0.140. The lowest BCUT2D eigenvalue weighted by atomic mass is 9.98. The Morgan fingerprint density at radius 1 is 1.41 bits per heavy atom. The SMILES string of the molecule is COc1ccc(C(C)C(=O)N2CCSCC2CC(=O)O)cc1. The van der Waals surface area contributed by atoms with Crippen molar-refractivity contribution in [3.63, 3.8) is 0 Å². The van der Waals surface area contributed by atoms with E-state index in [1.165, 1.54) is 0 Å². The van der Waals surface area contributed by atoms with Gasteiger partial charge in [-0.3, -0.25) is 9.59 Å². The summed E-state index contributed by atoms with van der Waals surface area (Å²) in [5.74, 6) is 1.15. The quantitative estimate of drug-likeness (QED) is 0.900. The highest BCUT2D eigenvalue weighted by molar-refractivity contribution is 7.99. The number of carboxylic acids is 1. The van der Waals surface area contributed by atoms with Crippen LogP contribution >= 0.6 is 11.8 Å². The fourth-order valence-electron chi connectivity index (χ4n) is 2.60. The third-order valence-electron chi connectivity index (χ3n) is 3.91. The number of nitrogens with zero attached hydrogens (tertiary/aromatic N) is 1. The van der Waals surface area contributed by atoms with Gasteiger partial charge < -0.3 is 14.7 Å². The number of aliphatic carboxylic acids is 1. The first-order valence-corrected chi connectivity index (χ1v) is 8.42. The molecule has 0 aliphatic carbocycles. The lowest BCUT2D eigenvalue weighted by Crippen LogP contribution is -2.48. The van der Waals surface area contributed by atoms with Crippen LogP contribution < -0.4 is 4.74 Å². The molecule has 0 aromatic heterocycles. The summed E-state index contributed by atoms with van der Waals surface area (Å²) in [6.07, 6.45) is 0.00801. The van der Waals surface area contributed by atoms with E-state index in [0.717, 1.165) is 17.1 Å². The van der Waals surface area contributed by atoms with Crippen molar-refractivity contribution in [3.8, 4) is 5.75 Å². The molecular weight excluding hydrogens is 302 g/mol. The predicted octanol–water partition coefficient (Wildman–Crippen LogP) is 2.22. The van der Waals surface area contributed by atoms with Crippen LogP contribution in [0.2, 0.25) is 0 Å². The van der Waals surface area contributed by atoms with Crippen LogP contribution in [0.4, 0.5) is 0 Å². The first kappa shape index (κ1) is 16.7. The molecule has 6 heteroatoms. The van der Waals surface area contributed by atoms with Gasteiger partial charge in [0.2, 0.25) is 5.91 Å². The highest BCUT2D eigenvalue weighted by atomic mass is 32.2. The Morgan fingerprint density at radius 2 is 2.09 bits per heavy atom. The minimum Gasteiger partial charge on any atom is -0.497 e. The number of ether oxygens (including phenoxy) is 1. The van der Waals surface area contributed by atoms with Gasteiger partial charge in [0.05, 0.1) is 25.5 Å². The van der Waals surface area contributed by atoms with Gasteiger partial charge in [-0.2, -0.15) is 11.8 Å². The molecule has 2 atom stereocenters. The van der Waals surface area contributed by atoms with Gasteiger partial charge in [0, 0.05) is 18.1 Å². The number of carbonyl (C=O) groups is 2. The van der Waals surface area contributed by atoms with Gasteiger partial charge in [-0.15, -0.1) is 0 Å². The van der Waals surface area contributed by atoms with Crippen molar-refractivity contribution in [1.82, 2.24) is 4.90 Å². The van der Waals surface area contributed by atoms with E-state index in [9.17, 15) is 9.59 Å². The van der Waals surface area contributed by atoms with E-state index in [1.807, 2.05) is 31.2 Å². The maximum absolute atomic E-state index is 12.7. The Morgan fingerprint density at radius 3 is 2.68 bits per heavy atom. The third kappa shape index (κ3) is 3.94. The molecule has 1 fully saturated rings. The van der Waals surface area contributed by atoms with E-state index >= 15 is 0 Å².